The summed E-state index contributed by atoms with van der Waals surface area (Å²) in [5.74, 6) is 0.600. The van der Waals surface area contributed by atoms with E-state index in [9.17, 15) is 13.2 Å². The molecule has 26 heavy (non-hydrogen) atoms. The molecule has 0 unspecified atom stereocenters. The molecule has 0 saturated carbocycles. The molecule has 1 aliphatic heterocycles. The Kier molecular flexibility index (Phi) is 4.11. The number of halogens is 4. The van der Waals surface area contributed by atoms with E-state index in [1.807, 2.05) is 0 Å². The van der Waals surface area contributed by atoms with E-state index in [0.717, 1.165) is 6.07 Å². The van der Waals surface area contributed by atoms with Crippen molar-refractivity contribution in [2.75, 3.05) is 13.2 Å². The number of imidazole rings is 1. The van der Waals surface area contributed by atoms with Gasteiger partial charge in [-0.25, -0.2) is 15.0 Å². The van der Waals surface area contributed by atoms with Gasteiger partial charge in [0.1, 0.15) is 17.2 Å². The van der Waals surface area contributed by atoms with Crippen LogP contribution in [0.15, 0.2) is 24.3 Å². The van der Waals surface area contributed by atoms with Crippen LogP contribution in [0.2, 0.25) is 5.15 Å². The van der Waals surface area contributed by atoms with E-state index in [2.05, 4.69) is 15.0 Å². The lowest BCUT2D eigenvalue weighted by atomic mass is 10.1. The van der Waals surface area contributed by atoms with Crippen molar-refractivity contribution >= 4 is 22.8 Å². The molecule has 9 heteroatoms. The zero-order valence-electron chi connectivity index (χ0n) is 13.7. The number of nitrogens with zero attached hydrogens (tertiary/aromatic N) is 4. The van der Waals surface area contributed by atoms with Crippen molar-refractivity contribution in [3.8, 4) is 11.4 Å². The van der Waals surface area contributed by atoms with Crippen LogP contribution in [-0.2, 0) is 10.9 Å². The lowest BCUT2D eigenvalue weighted by Gasteiger charge is -2.17. The Labute approximate surface area is 151 Å². The predicted octanol–water partition coefficient (Wildman–Crippen LogP) is 4.44. The highest BCUT2D eigenvalue weighted by atomic mass is 35.5. The summed E-state index contributed by atoms with van der Waals surface area (Å²) in [6.45, 7) is 2.59. The predicted molar refractivity (Wildman–Crippen MR) is 90.0 cm³/mol. The molecule has 1 saturated heterocycles. The third kappa shape index (κ3) is 2.83. The minimum Gasteiger partial charge on any atom is -0.379 e. The Bertz CT molecular complexity index is 980. The average molecular weight is 383 g/mol. The third-order valence-electron chi connectivity index (χ3n) is 4.35. The van der Waals surface area contributed by atoms with Gasteiger partial charge in [-0.1, -0.05) is 29.8 Å². The summed E-state index contributed by atoms with van der Waals surface area (Å²) in [5, 5.41) is 0.121. The first-order valence-corrected chi connectivity index (χ1v) is 8.40. The first kappa shape index (κ1) is 17.2. The van der Waals surface area contributed by atoms with Crippen LogP contribution in [0, 0.1) is 6.92 Å². The van der Waals surface area contributed by atoms with Gasteiger partial charge in [0, 0.05) is 12.2 Å². The van der Waals surface area contributed by atoms with Crippen molar-refractivity contribution in [1.82, 2.24) is 19.5 Å². The molecule has 0 radical (unpaired) electrons. The van der Waals surface area contributed by atoms with E-state index in [4.69, 9.17) is 16.3 Å². The highest BCUT2D eigenvalue weighted by molar-refractivity contribution is 6.33. The molecular formula is C17H14ClF3N4O. The summed E-state index contributed by atoms with van der Waals surface area (Å²) in [4.78, 5) is 12.9. The number of fused-ring (bicyclic) bond motifs is 1. The molecule has 1 aromatic carbocycles. The second-order valence-corrected chi connectivity index (χ2v) is 6.46. The van der Waals surface area contributed by atoms with Crippen LogP contribution in [0.4, 0.5) is 13.2 Å². The highest BCUT2D eigenvalue weighted by Crippen LogP contribution is 2.40. The van der Waals surface area contributed by atoms with Gasteiger partial charge in [0.2, 0.25) is 0 Å². The summed E-state index contributed by atoms with van der Waals surface area (Å²) in [6.07, 6.45) is -3.84. The fraction of sp³-hybridized carbons (Fsp3) is 0.353. The van der Waals surface area contributed by atoms with Gasteiger partial charge < -0.3 is 9.30 Å². The first-order chi connectivity index (χ1) is 12.4. The molecule has 3 heterocycles. The van der Waals surface area contributed by atoms with Crippen molar-refractivity contribution in [1.29, 1.82) is 0 Å². The number of benzene rings is 1. The summed E-state index contributed by atoms with van der Waals surface area (Å²) in [5.41, 5.74) is -0.0592. The minimum atomic E-state index is -4.50. The van der Waals surface area contributed by atoms with Crippen molar-refractivity contribution < 1.29 is 17.9 Å². The maximum atomic E-state index is 13.5. The number of ether oxygens (including phenoxy) is 1. The van der Waals surface area contributed by atoms with Gasteiger partial charge in [0.15, 0.2) is 10.8 Å². The SMILES string of the molecule is Cc1nc(Cl)c2nc(-c3ccccc3C(F)(F)F)n([C@@H]3CCOC3)c2n1. The van der Waals surface area contributed by atoms with Crippen molar-refractivity contribution in [3.63, 3.8) is 0 Å². The van der Waals surface area contributed by atoms with E-state index in [0.29, 0.717) is 31.1 Å². The Hall–Kier alpha value is -2.19. The normalized spacial score (nSPS) is 18.0. The topological polar surface area (TPSA) is 52.8 Å². The number of hydrogen-bond acceptors (Lipinski definition) is 4. The lowest BCUT2D eigenvalue weighted by Crippen LogP contribution is -2.14. The molecule has 0 aliphatic carbocycles. The van der Waals surface area contributed by atoms with Gasteiger partial charge >= 0.3 is 6.18 Å². The van der Waals surface area contributed by atoms with Gasteiger partial charge in [0.25, 0.3) is 0 Å². The van der Waals surface area contributed by atoms with Crippen molar-refractivity contribution in [3.05, 3.63) is 40.8 Å². The van der Waals surface area contributed by atoms with E-state index < -0.39 is 11.7 Å². The summed E-state index contributed by atoms with van der Waals surface area (Å²) >= 11 is 6.19. The maximum absolute atomic E-state index is 13.5. The molecule has 1 fully saturated rings. The molecule has 5 nitrogen and oxygen atoms in total. The van der Waals surface area contributed by atoms with E-state index >= 15 is 0 Å². The first-order valence-electron chi connectivity index (χ1n) is 8.02. The molecule has 2 aromatic heterocycles. The zero-order chi connectivity index (χ0) is 18.5. The molecule has 0 bridgehead atoms. The van der Waals surface area contributed by atoms with Crippen LogP contribution in [0.1, 0.15) is 23.9 Å². The fourth-order valence-corrected chi connectivity index (χ4v) is 3.48. The fourth-order valence-electron chi connectivity index (χ4n) is 3.23. The number of rotatable bonds is 2. The average Bonchev–Trinajstić information content (AvgIpc) is 3.21. The van der Waals surface area contributed by atoms with Gasteiger partial charge in [-0.15, -0.1) is 0 Å². The molecule has 0 amide bonds. The van der Waals surface area contributed by atoms with Crippen molar-refractivity contribution in [2.45, 2.75) is 25.6 Å². The Morgan fingerprint density at radius 1 is 1.19 bits per heavy atom. The van der Waals surface area contributed by atoms with Crippen LogP contribution in [0.5, 0.6) is 0 Å². The second kappa shape index (κ2) is 6.21. The third-order valence-corrected chi connectivity index (χ3v) is 4.62. The van der Waals surface area contributed by atoms with Gasteiger partial charge in [-0.3, -0.25) is 0 Å². The molecule has 0 spiro atoms. The quantitative estimate of drug-likeness (QED) is 0.615. The Morgan fingerprint density at radius 3 is 2.65 bits per heavy atom. The molecular weight excluding hydrogens is 369 g/mol. The molecule has 136 valence electrons. The minimum absolute atomic E-state index is 0.0152. The van der Waals surface area contributed by atoms with Crippen LogP contribution < -0.4 is 0 Å². The van der Waals surface area contributed by atoms with Crippen LogP contribution in [0.3, 0.4) is 0 Å². The molecule has 1 aliphatic rings. The smallest absolute Gasteiger partial charge is 0.379 e. The van der Waals surface area contributed by atoms with Crippen LogP contribution in [0.25, 0.3) is 22.6 Å². The molecule has 1 atom stereocenters. The number of aryl methyl sites for hydroxylation is 1. The van der Waals surface area contributed by atoms with Crippen molar-refractivity contribution in [2.24, 2.45) is 0 Å². The number of alkyl halides is 3. The standard InChI is InChI=1S/C17H14ClF3N4O/c1-9-22-14(18)13-16(23-9)25(10-6-7-26-8-10)15(24-13)11-4-2-3-5-12(11)17(19,20)21/h2-5,10H,6-8H2,1H3/t10-/m1/s1. The van der Waals surface area contributed by atoms with E-state index in [1.165, 1.54) is 12.1 Å². The lowest BCUT2D eigenvalue weighted by molar-refractivity contribution is -0.137. The summed E-state index contributed by atoms with van der Waals surface area (Å²) < 4.78 is 47.7. The number of aromatic nitrogens is 4. The monoisotopic (exact) mass is 382 g/mol. The Balaban J connectivity index is 2.05. The molecule has 4 rings (SSSR count). The highest BCUT2D eigenvalue weighted by Gasteiger charge is 2.36. The van der Waals surface area contributed by atoms with E-state index in [1.54, 1.807) is 17.6 Å². The number of hydrogen-bond donors (Lipinski definition) is 0. The summed E-state index contributed by atoms with van der Waals surface area (Å²) in [7, 11) is 0. The molecule has 0 N–H and O–H groups in total. The van der Waals surface area contributed by atoms with Gasteiger partial charge in [-0.2, -0.15) is 13.2 Å². The Morgan fingerprint density at radius 2 is 1.96 bits per heavy atom. The van der Waals surface area contributed by atoms with Gasteiger partial charge in [-0.05, 0) is 19.4 Å². The molecule has 3 aromatic rings. The summed E-state index contributed by atoms with van der Waals surface area (Å²) in [6, 6.07) is 5.20. The maximum Gasteiger partial charge on any atom is 0.417 e. The van der Waals surface area contributed by atoms with Crippen LogP contribution >= 0.6 is 11.6 Å². The largest absolute Gasteiger partial charge is 0.417 e. The second-order valence-electron chi connectivity index (χ2n) is 6.10. The van der Waals surface area contributed by atoms with Gasteiger partial charge in [0.05, 0.1) is 18.2 Å². The van der Waals surface area contributed by atoms with Crippen LogP contribution in [-0.4, -0.2) is 32.7 Å². The van der Waals surface area contributed by atoms with E-state index in [-0.39, 0.29) is 28.1 Å². The zero-order valence-corrected chi connectivity index (χ0v) is 14.5.